The Hall–Kier alpha value is -1.00. The Morgan fingerprint density at radius 2 is 2.07 bits per heavy atom. The van der Waals surface area contributed by atoms with Gasteiger partial charge in [0.2, 0.25) is 0 Å². The van der Waals surface area contributed by atoms with Gasteiger partial charge < -0.3 is 10.5 Å². The molecular formula is C11H15F2NO. The molecule has 2 nitrogen and oxygen atoms in total. The van der Waals surface area contributed by atoms with E-state index in [1.807, 2.05) is 0 Å². The van der Waals surface area contributed by atoms with Crippen LogP contribution in [-0.2, 0) is 11.2 Å². The Balaban J connectivity index is 2.76. The molecule has 0 radical (unpaired) electrons. The van der Waals surface area contributed by atoms with Crippen LogP contribution in [0.15, 0.2) is 18.2 Å². The third-order valence-electron chi connectivity index (χ3n) is 2.46. The third kappa shape index (κ3) is 2.97. The summed E-state index contributed by atoms with van der Waals surface area (Å²) in [5.41, 5.74) is 6.05. The first-order valence-corrected chi connectivity index (χ1v) is 4.77. The molecular weight excluding hydrogens is 200 g/mol. The topological polar surface area (TPSA) is 35.2 Å². The molecule has 0 aliphatic rings. The Morgan fingerprint density at radius 3 is 2.67 bits per heavy atom. The standard InChI is InChI=1S/C11H15F2NO/c1-7(15-2)10(14)6-8-4-3-5-9(12)11(8)13/h3-5,7,10H,6,14H2,1-2H3. The number of hydrogen-bond acceptors (Lipinski definition) is 2. The van der Waals surface area contributed by atoms with Crippen molar-refractivity contribution in [1.82, 2.24) is 0 Å². The lowest BCUT2D eigenvalue weighted by atomic mass is 10.0. The van der Waals surface area contributed by atoms with E-state index < -0.39 is 11.6 Å². The number of halogens is 2. The minimum Gasteiger partial charge on any atom is -0.380 e. The van der Waals surface area contributed by atoms with Crippen LogP contribution in [0.3, 0.4) is 0 Å². The summed E-state index contributed by atoms with van der Waals surface area (Å²) < 4.78 is 31.1. The van der Waals surface area contributed by atoms with Crippen LogP contribution in [0.2, 0.25) is 0 Å². The van der Waals surface area contributed by atoms with Crippen molar-refractivity contribution >= 4 is 0 Å². The van der Waals surface area contributed by atoms with Crippen molar-refractivity contribution in [3.63, 3.8) is 0 Å². The van der Waals surface area contributed by atoms with Crippen LogP contribution < -0.4 is 5.73 Å². The second-order valence-electron chi connectivity index (χ2n) is 3.52. The van der Waals surface area contributed by atoms with Crippen molar-refractivity contribution in [1.29, 1.82) is 0 Å². The summed E-state index contributed by atoms with van der Waals surface area (Å²) in [5, 5.41) is 0. The molecule has 84 valence electrons. The van der Waals surface area contributed by atoms with E-state index >= 15 is 0 Å². The van der Waals surface area contributed by atoms with Gasteiger partial charge in [-0.2, -0.15) is 0 Å². The Labute approximate surface area is 88.0 Å². The Morgan fingerprint density at radius 1 is 1.40 bits per heavy atom. The molecule has 0 aliphatic heterocycles. The monoisotopic (exact) mass is 215 g/mol. The van der Waals surface area contributed by atoms with Crippen molar-refractivity contribution < 1.29 is 13.5 Å². The number of benzene rings is 1. The maximum Gasteiger partial charge on any atom is 0.162 e. The van der Waals surface area contributed by atoms with Crippen molar-refractivity contribution in [2.45, 2.75) is 25.5 Å². The van der Waals surface area contributed by atoms with E-state index in [1.54, 1.807) is 6.92 Å². The molecule has 2 atom stereocenters. The number of methoxy groups -OCH3 is 1. The molecule has 1 aromatic carbocycles. The Bertz CT molecular complexity index is 330. The van der Waals surface area contributed by atoms with E-state index in [2.05, 4.69) is 0 Å². The smallest absolute Gasteiger partial charge is 0.162 e. The summed E-state index contributed by atoms with van der Waals surface area (Å²) in [6.45, 7) is 1.79. The summed E-state index contributed by atoms with van der Waals surface area (Å²) in [6, 6.07) is 3.74. The number of rotatable bonds is 4. The highest BCUT2D eigenvalue weighted by atomic mass is 19.2. The lowest BCUT2D eigenvalue weighted by Gasteiger charge is -2.18. The van der Waals surface area contributed by atoms with Gasteiger partial charge >= 0.3 is 0 Å². The maximum atomic E-state index is 13.3. The normalized spacial score (nSPS) is 15.0. The van der Waals surface area contributed by atoms with Crippen molar-refractivity contribution in [2.75, 3.05) is 7.11 Å². The fourth-order valence-electron chi connectivity index (χ4n) is 1.30. The van der Waals surface area contributed by atoms with Crippen LogP contribution in [0.25, 0.3) is 0 Å². The molecule has 4 heteroatoms. The lowest BCUT2D eigenvalue weighted by molar-refractivity contribution is 0.0953. The zero-order valence-electron chi connectivity index (χ0n) is 8.84. The molecule has 0 aromatic heterocycles. The van der Waals surface area contributed by atoms with Gasteiger partial charge in [0.15, 0.2) is 11.6 Å². The van der Waals surface area contributed by atoms with Crippen molar-refractivity contribution in [2.24, 2.45) is 5.73 Å². The third-order valence-corrected chi connectivity index (χ3v) is 2.46. The number of nitrogens with two attached hydrogens (primary N) is 1. The first kappa shape index (κ1) is 12.1. The minimum absolute atomic E-state index is 0.187. The Kier molecular flexibility index (Phi) is 4.17. The van der Waals surface area contributed by atoms with Crippen LogP contribution in [0.1, 0.15) is 12.5 Å². The summed E-state index contributed by atoms with van der Waals surface area (Å²) in [7, 11) is 1.53. The highest BCUT2D eigenvalue weighted by Gasteiger charge is 2.16. The van der Waals surface area contributed by atoms with Gasteiger partial charge in [-0.3, -0.25) is 0 Å². The highest BCUT2D eigenvalue weighted by molar-refractivity contribution is 5.20. The highest BCUT2D eigenvalue weighted by Crippen LogP contribution is 2.14. The fraction of sp³-hybridized carbons (Fsp3) is 0.455. The van der Waals surface area contributed by atoms with Crippen LogP contribution in [0.4, 0.5) is 8.78 Å². The molecule has 0 heterocycles. The molecule has 15 heavy (non-hydrogen) atoms. The summed E-state index contributed by atoms with van der Waals surface area (Å²) in [4.78, 5) is 0. The van der Waals surface area contributed by atoms with Crippen molar-refractivity contribution in [3.05, 3.63) is 35.4 Å². The van der Waals surface area contributed by atoms with Gasteiger partial charge in [-0.05, 0) is 25.0 Å². The zero-order chi connectivity index (χ0) is 11.4. The van der Waals surface area contributed by atoms with Gasteiger partial charge in [0, 0.05) is 13.2 Å². The largest absolute Gasteiger partial charge is 0.380 e. The average Bonchev–Trinajstić information content (AvgIpc) is 2.23. The zero-order valence-corrected chi connectivity index (χ0v) is 8.84. The maximum absolute atomic E-state index is 13.3. The molecule has 1 aromatic rings. The van der Waals surface area contributed by atoms with Gasteiger partial charge in [0.1, 0.15) is 0 Å². The molecule has 0 spiro atoms. The van der Waals surface area contributed by atoms with Crippen molar-refractivity contribution in [3.8, 4) is 0 Å². The second-order valence-corrected chi connectivity index (χ2v) is 3.52. The first-order valence-electron chi connectivity index (χ1n) is 4.77. The van der Waals surface area contributed by atoms with E-state index in [-0.39, 0.29) is 24.1 Å². The number of ether oxygens (including phenoxy) is 1. The summed E-state index contributed by atoms with van der Waals surface area (Å²) in [6.07, 6.45) is 0.0752. The van der Waals surface area contributed by atoms with Gasteiger partial charge in [-0.25, -0.2) is 8.78 Å². The molecule has 1 rings (SSSR count). The summed E-state index contributed by atoms with van der Waals surface area (Å²) >= 11 is 0. The van der Waals surface area contributed by atoms with Gasteiger partial charge in [0.25, 0.3) is 0 Å². The number of hydrogen-bond donors (Lipinski definition) is 1. The van der Waals surface area contributed by atoms with Crippen LogP contribution >= 0.6 is 0 Å². The predicted molar refractivity (Wildman–Crippen MR) is 54.5 cm³/mol. The molecule has 2 N–H and O–H groups in total. The van der Waals surface area contributed by atoms with Crippen LogP contribution in [-0.4, -0.2) is 19.3 Å². The molecule has 0 fully saturated rings. The quantitative estimate of drug-likeness (QED) is 0.832. The molecule has 0 saturated heterocycles. The van der Waals surface area contributed by atoms with Gasteiger partial charge in [-0.15, -0.1) is 0 Å². The molecule has 2 unspecified atom stereocenters. The van der Waals surface area contributed by atoms with E-state index in [1.165, 1.54) is 19.2 Å². The van der Waals surface area contributed by atoms with E-state index in [9.17, 15) is 8.78 Å². The van der Waals surface area contributed by atoms with Crippen LogP contribution in [0.5, 0.6) is 0 Å². The minimum atomic E-state index is -0.843. The van der Waals surface area contributed by atoms with Gasteiger partial charge in [-0.1, -0.05) is 12.1 Å². The first-order chi connectivity index (χ1) is 7.06. The predicted octanol–water partition coefficient (Wildman–Crippen LogP) is 1.87. The van der Waals surface area contributed by atoms with Crippen LogP contribution in [0, 0.1) is 11.6 Å². The van der Waals surface area contributed by atoms with Gasteiger partial charge in [0.05, 0.1) is 6.10 Å². The molecule has 0 saturated carbocycles. The molecule has 0 bridgehead atoms. The SMILES string of the molecule is COC(C)C(N)Cc1cccc(F)c1F. The lowest BCUT2D eigenvalue weighted by Crippen LogP contribution is -2.36. The van der Waals surface area contributed by atoms with E-state index in [4.69, 9.17) is 10.5 Å². The second kappa shape index (κ2) is 5.19. The molecule has 0 aliphatic carbocycles. The molecule has 0 amide bonds. The average molecular weight is 215 g/mol. The van der Waals surface area contributed by atoms with E-state index in [0.717, 1.165) is 6.07 Å². The fourth-order valence-corrected chi connectivity index (χ4v) is 1.30. The summed E-state index contributed by atoms with van der Waals surface area (Å²) in [5.74, 6) is -1.67. The van der Waals surface area contributed by atoms with E-state index in [0.29, 0.717) is 0 Å².